The van der Waals surface area contributed by atoms with Gasteiger partial charge in [0.25, 0.3) is 0 Å². The molecule has 0 heterocycles. The van der Waals surface area contributed by atoms with E-state index in [1.54, 1.807) is 32.3 Å². The van der Waals surface area contributed by atoms with Crippen LogP contribution in [0.25, 0.3) is 0 Å². The molecule has 0 aliphatic carbocycles. The third kappa shape index (κ3) is 3.74. The molecule has 1 aromatic rings. The number of hydrogen-bond donors (Lipinski definition) is 0. The molecule has 0 atom stereocenters. The molecule has 0 unspecified atom stereocenters. The predicted octanol–water partition coefficient (Wildman–Crippen LogP) is 2.40. The van der Waals surface area contributed by atoms with Gasteiger partial charge < -0.3 is 9.64 Å². The van der Waals surface area contributed by atoms with Crippen LogP contribution >= 0.6 is 11.6 Å². The van der Waals surface area contributed by atoms with E-state index in [1.807, 2.05) is 0 Å². The van der Waals surface area contributed by atoms with Gasteiger partial charge in [-0.15, -0.1) is 0 Å². The predicted molar refractivity (Wildman–Crippen MR) is 70.3 cm³/mol. The highest BCUT2D eigenvalue weighted by atomic mass is 35.5. The van der Waals surface area contributed by atoms with Gasteiger partial charge in [-0.2, -0.15) is 0 Å². The van der Waals surface area contributed by atoms with E-state index in [-0.39, 0.29) is 24.5 Å². The molecule has 0 saturated heterocycles. The molecule has 1 aromatic carbocycles. The Balaban J connectivity index is 2.78. The highest BCUT2D eigenvalue weighted by Gasteiger charge is 2.15. The number of carbonyl (C=O) groups excluding carboxylic acids is 2. The van der Waals surface area contributed by atoms with Crippen molar-refractivity contribution in [2.75, 3.05) is 21.2 Å². The number of nitrogens with zero attached hydrogens (tertiary/aromatic N) is 1. The zero-order chi connectivity index (χ0) is 13.7. The van der Waals surface area contributed by atoms with E-state index >= 15 is 0 Å². The zero-order valence-corrected chi connectivity index (χ0v) is 11.5. The standard InChI is InChI=1S/C13H16ClNO3/c1-15(2)13(17)7-5-11(16)10-8-9(14)4-6-12(10)18-3/h4,6,8H,5,7H2,1-3H3. The fraction of sp³-hybridized carbons (Fsp3) is 0.385. The molecule has 1 rings (SSSR count). The van der Waals surface area contributed by atoms with Crippen LogP contribution in [0.4, 0.5) is 0 Å². The van der Waals surface area contributed by atoms with Crippen LogP contribution in [0.1, 0.15) is 23.2 Å². The summed E-state index contributed by atoms with van der Waals surface area (Å²) < 4.78 is 5.10. The van der Waals surface area contributed by atoms with Gasteiger partial charge in [-0.05, 0) is 18.2 Å². The van der Waals surface area contributed by atoms with Crippen molar-refractivity contribution < 1.29 is 14.3 Å². The summed E-state index contributed by atoms with van der Waals surface area (Å²) >= 11 is 5.85. The molecule has 0 aromatic heterocycles. The van der Waals surface area contributed by atoms with Gasteiger partial charge >= 0.3 is 0 Å². The largest absolute Gasteiger partial charge is 0.496 e. The Hall–Kier alpha value is -1.55. The molecule has 18 heavy (non-hydrogen) atoms. The van der Waals surface area contributed by atoms with Crippen LogP contribution in [0, 0.1) is 0 Å². The minimum atomic E-state index is -0.149. The second-order valence-electron chi connectivity index (χ2n) is 4.06. The van der Waals surface area contributed by atoms with Crippen LogP contribution in [0.2, 0.25) is 5.02 Å². The zero-order valence-electron chi connectivity index (χ0n) is 10.7. The normalized spacial score (nSPS) is 10.0. The third-order valence-corrected chi connectivity index (χ3v) is 2.76. The van der Waals surface area contributed by atoms with Crippen LogP contribution in [0.3, 0.4) is 0 Å². The van der Waals surface area contributed by atoms with Crippen LogP contribution in [0.15, 0.2) is 18.2 Å². The molecule has 0 fully saturated rings. The van der Waals surface area contributed by atoms with Gasteiger partial charge in [0.05, 0.1) is 12.7 Å². The molecule has 98 valence electrons. The highest BCUT2D eigenvalue weighted by Crippen LogP contribution is 2.24. The number of hydrogen-bond acceptors (Lipinski definition) is 3. The number of Topliss-reactive ketones (excluding diaryl/α,β-unsaturated/α-hetero) is 1. The minimum Gasteiger partial charge on any atom is -0.496 e. The molecule has 0 spiro atoms. The lowest BCUT2D eigenvalue weighted by atomic mass is 10.1. The fourth-order valence-corrected chi connectivity index (χ4v) is 1.65. The van der Waals surface area contributed by atoms with E-state index < -0.39 is 0 Å². The summed E-state index contributed by atoms with van der Waals surface area (Å²) in [5.41, 5.74) is 0.413. The van der Waals surface area contributed by atoms with Gasteiger partial charge in [0.1, 0.15) is 5.75 Å². The van der Waals surface area contributed by atoms with Crippen molar-refractivity contribution in [2.24, 2.45) is 0 Å². The van der Waals surface area contributed by atoms with Crippen LogP contribution < -0.4 is 4.74 Å². The van der Waals surface area contributed by atoms with Crippen molar-refractivity contribution in [2.45, 2.75) is 12.8 Å². The Bertz CT molecular complexity index is 458. The SMILES string of the molecule is COc1ccc(Cl)cc1C(=O)CCC(=O)N(C)C. The second-order valence-corrected chi connectivity index (χ2v) is 4.49. The lowest BCUT2D eigenvalue weighted by molar-refractivity contribution is -0.128. The average molecular weight is 270 g/mol. The van der Waals surface area contributed by atoms with Crippen molar-refractivity contribution in [1.82, 2.24) is 4.90 Å². The number of rotatable bonds is 5. The van der Waals surface area contributed by atoms with Gasteiger partial charge in [0.2, 0.25) is 5.91 Å². The van der Waals surface area contributed by atoms with Crippen LogP contribution in [0.5, 0.6) is 5.75 Å². The quantitative estimate of drug-likeness (QED) is 0.771. The minimum absolute atomic E-state index is 0.0793. The number of benzene rings is 1. The fourth-order valence-electron chi connectivity index (χ4n) is 1.48. The van der Waals surface area contributed by atoms with E-state index in [0.717, 1.165) is 0 Å². The van der Waals surface area contributed by atoms with Crippen molar-refractivity contribution in [3.8, 4) is 5.75 Å². The van der Waals surface area contributed by atoms with E-state index in [1.165, 1.54) is 12.0 Å². The first-order valence-corrected chi connectivity index (χ1v) is 5.90. The molecule has 0 N–H and O–H groups in total. The highest BCUT2D eigenvalue weighted by molar-refractivity contribution is 6.31. The Morgan fingerprint density at radius 3 is 2.50 bits per heavy atom. The van der Waals surface area contributed by atoms with E-state index in [9.17, 15) is 9.59 Å². The molecular weight excluding hydrogens is 254 g/mol. The van der Waals surface area contributed by atoms with Gasteiger partial charge in [0.15, 0.2) is 5.78 Å². The monoisotopic (exact) mass is 269 g/mol. The molecule has 0 saturated carbocycles. The summed E-state index contributed by atoms with van der Waals surface area (Å²) in [6.45, 7) is 0. The molecule has 4 nitrogen and oxygen atoms in total. The lowest BCUT2D eigenvalue weighted by Gasteiger charge is -2.11. The van der Waals surface area contributed by atoms with Gasteiger partial charge in [-0.3, -0.25) is 9.59 Å². The number of amides is 1. The first kappa shape index (κ1) is 14.5. The molecule has 5 heteroatoms. The number of ether oxygens (including phenoxy) is 1. The summed E-state index contributed by atoms with van der Waals surface area (Å²) in [4.78, 5) is 24.9. The molecule has 0 bridgehead atoms. The number of methoxy groups -OCH3 is 1. The Morgan fingerprint density at radius 2 is 1.94 bits per heavy atom. The first-order chi connectivity index (χ1) is 8.45. The summed E-state index contributed by atoms with van der Waals surface area (Å²) in [7, 11) is 4.81. The maximum atomic E-state index is 12.0. The molecule has 1 amide bonds. The van der Waals surface area contributed by atoms with Crippen molar-refractivity contribution in [1.29, 1.82) is 0 Å². The van der Waals surface area contributed by atoms with E-state index in [2.05, 4.69) is 0 Å². The van der Waals surface area contributed by atoms with E-state index in [0.29, 0.717) is 16.3 Å². The number of ketones is 1. The summed E-state index contributed by atoms with van der Waals surface area (Å²) in [6.07, 6.45) is 0.329. The van der Waals surface area contributed by atoms with Gasteiger partial charge in [-0.25, -0.2) is 0 Å². The summed E-state index contributed by atoms with van der Waals surface area (Å²) in [5, 5.41) is 0.470. The average Bonchev–Trinajstić information content (AvgIpc) is 2.35. The Labute approximate surface area is 111 Å². The van der Waals surface area contributed by atoms with Crippen molar-refractivity contribution in [3.63, 3.8) is 0 Å². The topological polar surface area (TPSA) is 46.6 Å². The van der Waals surface area contributed by atoms with Crippen LogP contribution in [-0.4, -0.2) is 37.8 Å². The maximum absolute atomic E-state index is 12.0. The third-order valence-electron chi connectivity index (χ3n) is 2.53. The van der Waals surface area contributed by atoms with Crippen LogP contribution in [-0.2, 0) is 4.79 Å². The first-order valence-electron chi connectivity index (χ1n) is 5.52. The number of halogens is 1. The van der Waals surface area contributed by atoms with Gasteiger partial charge in [0, 0.05) is 32.0 Å². The maximum Gasteiger partial charge on any atom is 0.222 e. The Morgan fingerprint density at radius 1 is 1.28 bits per heavy atom. The van der Waals surface area contributed by atoms with Crippen molar-refractivity contribution in [3.05, 3.63) is 28.8 Å². The summed E-state index contributed by atoms with van der Waals surface area (Å²) in [6, 6.07) is 4.86. The second kappa shape index (κ2) is 6.40. The Kier molecular flexibility index (Phi) is 5.16. The van der Waals surface area contributed by atoms with E-state index in [4.69, 9.17) is 16.3 Å². The van der Waals surface area contributed by atoms with Crippen molar-refractivity contribution >= 4 is 23.3 Å². The smallest absolute Gasteiger partial charge is 0.222 e. The molecule has 0 radical (unpaired) electrons. The molecular formula is C13H16ClNO3. The number of carbonyl (C=O) groups is 2. The summed E-state index contributed by atoms with van der Waals surface area (Å²) in [5.74, 6) is 0.246. The molecule has 0 aliphatic rings. The molecule has 0 aliphatic heterocycles. The van der Waals surface area contributed by atoms with Gasteiger partial charge in [-0.1, -0.05) is 11.6 Å². The lowest BCUT2D eigenvalue weighted by Crippen LogP contribution is -2.22.